The maximum Gasteiger partial charge on any atom is 2.00 e. The van der Waals surface area contributed by atoms with Crippen LogP contribution in [-0.2, 0) is 28.1 Å². The Morgan fingerprint density at radius 1 is 0.717 bits per heavy atom. The summed E-state index contributed by atoms with van der Waals surface area (Å²) in [5, 5.41) is 7.32. The second-order valence-electron chi connectivity index (χ2n) is 11.7. The van der Waals surface area contributed by atoms with Crippen molar-refractivity contribution in [2.24, 2.45) is 7.05 Å². The zero-order valence-corrected chi connectivity index (χ0v) is 28.3. The number of imidazole rings is 1. The molecule has 3 aromatic heterocycles. The van der Waals surface area contributed by atoms with Crippen molar-refractivity contribution >= 4 is 21.8 Å². The fourth-order valence-electron chi connectivity index (χ4n) is 6.79. The average Bonchev–Trinajstić information content (AvgIpc) is 3.76. The van der Waals surface area contributed by atoms with Gasteiger partial charge in [0.15, 0.2) is 0 Å². The largest absolute Gasteiger partial charge is 2.00 e. The van der Waals surface area contributed by atoms with Crippen LogP contribution in [0.25, 0.3) is 67.0 Å². The van der Waals surface area contributed by atoms with Gasteiger partial charge < -0.3 is 9.13 Å². The molecule has 0 amide bonds. The molecule has 0 aliphatic heterocycles. The third-order valence-corrected chi connectivity index (χ3v) is 8.64. The monoisotopic (exact) mass is 776 g/mol. The SMILES string of the molecule is Cc1cc(C)c(-c2cnn(-c3[c-]c4c(cc3)c3ccccc3n4-c3[c-]c(-c4nccn4C)ccc3)c2-c2ccccc2)c(C)c1.[Pt+2]. The van der Waals surface area contributed by atoms with Crippen molar-refractivity contribution in [1.82, 2.24) is 23.9 Å². The predicted molar refractivity (Wildman–Crippen MR) is 183 cm³/mol. The van der Waals surface area contributed by atoms with E-state index in [-0.39, 0.29) is 21.1 Å². The number of para-hydroxylation sites is 1. The van der Waals surface area contributed by atoms with Gasteiger partial charge >= 0.3 is 21.1 Å². The average molecular weight is 777 g/mol. The molecule has 0 saturated carbocycles. The maximum atomic E-state index is 5.02. The van der Waals surface area contributed by atoms with Gasteiger partial charge in [-0.3, -0.25) is 9.67 Å². The quantitative estimate of drug-likeness (QED) is 0.164. The molecule has 0 radical (unpaired) electrons. The van der Waals surface area contributed by atoms with Crippen LogP contribution in [0.3, 0.4) is 0 Å². The van der Waals surface area contributed by atoms with E-state index in [4.69, 9.17) is 5.10 Å². The molecule has 6 heteroatoms. The summed E-state index contributed by atoms with van der Waals surface area (Å²) < 4.78 is 6.31. The smallest absolute Gasteiger partial charge is 0.373 e. The topological polar surface area (TPSA) is 40.6 Å². The molecular weight excluding hydrogens is 746 g/mol. The predicted octanol–water partition coefficient (Wildman–Crippen LogP) is 9.23. The van der Waals surface area contributed by atoms with Gasteiger partial charge in [-0.05, 0) is 60.3 Å². The number of hydrogen-bond acceptors (Lipinski definition) is 2. The van der Waals surface area contributed by atoms with Crippen LogP contribution in [0, 0.1) is 32.9 Å². The van der Waals surface area contributed by atoms with E-state index in [1.807, 2.05) is 34.9 Å². The molecule has 0 saturated heterocycles. The molecule has 8 rings (SSSR count). The van der Waals surface area contributed by atoms with E-state index in [9.17, 15) is 0 Å². The molecule has 0 aliphatic carbocycles. The Balaban J connectivity index is 0.00000338. The Hall–Kier alpha value is -4.99. The van der Waals surface area contributed by atoms with Crippen molar-refractivity contribution in [2.45, 2.75) is 20.8 Å². The summed E-state index contributed by atoms with van der Waals surface area (Å²) in [6.07, 6.45) is 5.78. The number of benzene rings is 5. The summed E-state index contributed by atoms with van der Waals surface area (Å²) in [6, 6.07) is 41.6. The minimum absolute atomic E-state index is 0. The van der Waals surface area contributed by atoms with Crippen LogP contribution in [-0.4, -0.2) is 23.9 Å². The van der Waals surface area contributed by atoms with Crippen LogP contribution < -0.4 is 0 Å². The standard InChI is InChI=1S/C40H31N5.Pt/c1-26-21-27(2)38(28(3)22-26)35-25-42-45(39(35)29-11-6-5-7-12-29)32-17-18-34-33-15-8-9-16-36(33)44(37(34)24-32)31-14-10-13-30(23-31)40-41-19-20-43(40)4;/h5-22,25H,1-4H3;/q-2;+2. The molecule has 0 bridgehead atoms. The molecule has 0 N–H and O–H groups in total. The third-order valence-electron chi connectivity index (χ3n) is 8.64. The second kappa shape index (κ2) is 11.7. The Bertz CT molecular complexity index is 2350. The summed E-state index contributed by atoms with van der Waals surface area (Å²) in [7, 11) is 2.01. The van der Waals surface area contributed by atoms with Crippen LogP contribution in [0.4, 0.5) is 0 Å². The molecule has 0 spiro atoms. The van der Waals surface area contributed by atoms with Crippen LogP contribution in [0.1, 0.15) is 16.7 Å². The second-order valence-corrected chi connectivity index (χ2v) is 11.7. The van der Waals surface area contributed by atoms with E-state index in [1.54, 1.807) is 0 Å². The summed E-state index contributed by atoms with van der Waals surface area (Å²) >= 11 is 0. The number of fused-ring (bicyclic) bond motifs is 3. The molecule has 5 aromatic carbocycles. The van der Waals surface area contributed by atoms with Crippen molar-refractivity contribution in [3.05, 3.63) is 144 Å². The van der Waals surface area contributed by atoms with Gasteiger partial charge in [0.2, 0.25) is 0 Å². The minimum Gasteiger partial charge on any atom is -0.373 e. The van der Waals surface area contributed by atoms with Crippen LogP contribution in [0.15, 0.2) is 116 Å². The Morgan fingerprint density at radius 2 is 1.48 bits per heavy atom. The van der Waals surface area contributed by atoms with Gasteiger partial charge in [-0.25, -0.2) is 0 Å². The van der Waals surface area contributed by atoms with Gasteiger partial charge in [0.25, 0.3) is 0 Å². The molecule has 226 valence electrons. The first-order valence-corrected chi connectivity index (χ1v) is 15.2. The number of rotatable bonds is 5. The Labute approximate surface area is 283 Å². The maximum absolute atomic E-state index is 5.02. The van der Waals surface area contributed by atoms with E-state index < -0.39 is 0 Å². The van der Waals surface area contributed by atoms with Crippen molar-refractivity contribution < 1.29 is 21.1 Å². The van der Waals surface area contributed by atoms with Crippen molar-refractivity contribution in [2.75, 3.05) is 0 Å². The number of nitrogens with zero attached hydrogens (tertiary/aromatic N) is 5. The number of hydrogen-bond donors (Lipinski definition) is 0. The zero-order chi connectivity index (χ0) is 30.7. The first-order chi connectivity index (χ1) is 22.0. The van der Waals surface area contributed by atoms with E-state index >= 15 is 0 Å². The molecule has 5 nitrogen and oxygen atoms in total. The van der Waals surface area contributed by atoms with Gasteiger partial charge in [0.05, 0.1) is 17.7 Å². The van der Waals surface area contributed by atoms with Crippen LogP contribution in [0.5, 0.6) is 0 Å². The molecule has 8 aromatic rings. The zero-order valence-electron chi connectivity index (χ0n) is 26.0. The van der Waals surface area contributed by atoms with Gasteiger partial charge in [-0.2, -0.15) is 11.2 Å². The summed E-state index contributed by atoms with van der Waals surface area (Å²) in [5.74, 6) is 0.876. The van der Waals surface area contributed by atoms with E-state index in [0.717, 1.165) is 56.0 Å². The first kappa shape index (κ1) is 29.7. The minimum atomic E-state index is 0. The molecule has 0 fully saturated rings. The van der Waals surface area contributed by atoms with Gasteiger partial charge in [-0.1, -0.05) is 71.7 Å². The van der Waals surface area contributed by atoms with E-state index in [1.165, 1.54) is 27.6 Å². The molecule has 3 heterocycles. The Kier molecular flexibility index (Phi) is 7.58. The van der Waals surface area contributed by atoms with Crippen LogP contribution >= 0.6 is 0 Å². The van der Waals surface area contributed by atoms with Crippen LogP contribution in [0.2, 0.25) is 0 Å². The van der Waals surface area contributed by atoms with Gasteiger partial charge in [-0.15, -0.1) is 47.3 Å². The molecular formula is C40H31N5Pt. The van der Waals surface area contributed by atoms with Crippen molar-refractivity contribution in [3.63, 3.8) is 0 Å². The summed E-state index contributed by atoms with van der Waals surface area (Å²) in [6.45, 7) is 6.53. The third kappa shape index (κ3) is 4.83. The molecule has 0 unspecified atom stereocenters. The summed E-state index contributed by atoms with van der Waals surface area (Å²) in [4.78, 5) is 4.57. The molecule has 0 atom stereocenters. The van der Waals surface area contributed by atoms with E-state index in [2.05, 4.69) is 140 Å². The molecule has 0 aliphatic rings. The van der Waals surface area contributed by atoms with Crippen molar-refractivity contribution in [3.8, 4) is 45.1 Å². The van der Waals surface area contributed by atoms with Crippen molar-refractivity contribution in [1.29, 1.82) is 0 Å². The van der Waals surface area contributed by atoms with Gasteiger partial charge in [0.1, 0.15) is 0 Å². The Morgan fingerprint density at radius 3 is 2.24 bits per heavy atom. The first-order valence-electron chi connectivity index (χ1n) is 15.2. The summed E-state index contributed by atoms with van der Waals surface area (Å²) in [5.41, 5.74) is 13.1. The fourth-order valence-corrected chi connectivity index (χ4v) is 6.79. The molecule has 46 heavy (non-hydrogen) atoms. The fraction of sp³-hybridized carbons (Fsp3) is 0.100. The van der Waals surface area contributed by atoms with E-state index in [0.29, 0.717) is 0 Å². The number of aryl methyl sites for hydroxylation is 4. The van der Waals surface area contributed by atoms with Gasteiger partial charge in [0, 0.05) is 36.1 Å². The number of aromatic nitrogens is 5. The normalized spacial score (nSPS) is 11.3.